The van der Waals surface area contributed by atoms with E-state index in [0.29, 0.717) is 17.4 Å². The molecule has 0 radical (unpaired) electrons. The van der Waals surface area contributed by atoms with Crippen molar-refractivity contribution in [3.05, 3.63) is 23.8 Å². The maximum atomic E-state index is 11.9. The first-order valence-corrected chi connectivity index (χ1v) is 6.88. The smallest absolute Gasteiger partial charge is 0.239 e. The van der Waals surface area contributed by atoms with Gasteiger partial charge in [-0.15, -0.1) is 0 Å². The molecular weight excluding hydrogens is 256 g/mol. The van der Waals surface area contributed by atoms with Crippen molar-refractivity contribution in [1.82, 2.24) is 5.32 Å². The zero-order valence-electron chi connectivity index (χ0n) is 12.2. The second-order valence-electron chi connectivity index (χ2n) is 5.27. The Hall–Kier alpha value is -1.75. The van der Waals surface area contributed by atoms with Gasteiger partial charge in [0.1, 0.15) is 5.75 Å². The number of hydrogen-bond acceptors (Lipinski definition) is 4. The molecule has 1 aromatic carbocycles. The minimum atomic E-state index is -0.657. The van der Waals surface area contributed by atoms with Crippen LogP contribution in [0.5, 0.6) is 5.75 Å². The molecule has 20 heavy (non-hydrogen) atoms. The van der Waals surface area contributed by atoms with Crippen molar-refractivity contribution in [2.45, 2.75) is 31.9 Å². The molecule has 1 fully saturated rings. The van der Waals surface area contributed by atoms with Crippen molar-refractivity contribution >= 4 is 11.6 Å². The Morgan fingerprint density at radius 1 is 1.55 bits per heavy atom. The summed E-state index contributed by atoms with van der Waals surface area (Å²) in [6.45, 7) is 1.96. The quantitative estimate of drug-likeness (QED) is 0.827. The molecule has 0 heterocycles. The number of carbonyl (C=O) groups is 1. The third kappa shape index (κ3) is 3.42. The number of amides is 1. The summed E-state index contributed by atoms with van der Waals surface area (Å²) in [6.07, 6.45) is 1.50. The monoisotopic (exact) mass is 278 g/mol. The molecule has 0 bridgehead atoms. The van der Waals surface area contributed by atoms with E-state index in [0.717, 1.165) is 18.5 Å². The first kappa shape index (κ1) is 14.7. The minimum absolute atomic E-state index is 0.00867. The highest BCUT2D eigenvalue weighted by Gasteiger charge is 2.24. The second-order valence-corrected chi connectivity index (χ2v) is 5.27. The number of likely N-dealkylation sites (N-methyl/N-ethyl adjacent to an activating group) is 1. The normalized spacial score (nSPS) is 15.6. The van der Waals surface area contributed by atoms with Crippen LogP contribution in [0.2, 0.25) is 0 Å². The van der Waals surface area contributed by atoms with Gasteiger partial charge < -0.3 is 20.1 Å². The summed E-state index contributed by atoms with van der Waals surface area (Å²) in [5.41, 5.74) is 1.52. The van der Waals surface area contributed by atoms with Crippen molar-refractivity contribution in [2.24, 2.45) is 0 Å². The third-order valence-corrected chi connectivity index (χ3v) is 3.42. The minimum Gasteiger partial charge on any atom is -0.496 e. The van der Waals surface area contributed by atoms with Crippen LogP contribution in [0.4, 0.5) is 5.69 Å². The van der Waals surface area contributed by atoms with Crippen molar-refractivity contribution < 1.29 is 14.6 Å². The van der Waals surface area contributed by atoms with Gasteiger partial charge in [-0.1, -0.05) is 6.07 Å². The van der Waals surface area contributed by atoms with E-state index in [2.05, 4.69) is 5.32 Å². The van der Waals surface area contributed by atoms with E-state index >= 15 is 0 Å². The third-order valence-electron chi connectivity index (χ3n) is 3.42. The van der Waals surface area contributed by atoms with Gasteiger partial charge in [-0.3, -0.25) is 4.79 Å². The Morgan fingerprint density at radius 3 is 2.80 bits per heavy atom. The highest BCUT2D eigenvalue weighted by molar-refractivity contribution is 5.82. The van der Waals surface area contributed by atoms with Crippen LogP contribution in [0.3, 0.4) is 0 Å². The molecular formula is C15H22N2O3. The molecule has 5 heteroatoms. The number of aliphatic hydroxyl groups excluding tert-OH is 1. The number of nitrogens with one attached hydrogen (secondary N) is 1. The largest absolute Gasteiger partial charge is 0.496 e. The maximum Gasteiger partial charge on any atom is 0.239 e. The van der Waals surface area contributed by atoms with Gasteiger partial charge in [0.15, 0.2) is 0 Å². The van der Waals surface area contributed by atoms with Gasteiger partial charge in [-0.25, -0.2) is 0 Å². The molecule has 2 N–H and O–H groups in total. The molecule has 1 amide bonds. The maximum absolute atomic E-state index is 11.9. The van der Waals surface area contributed by atoms with Crippen molar-refractivity contribution in [2.75, 3.05) is 25.6 Å². The number of nitrogens with zero attached hydrogens (tertiary/aromatic N) is 1. The summed E-state index contributed by atoms with van der Waals surface area (Å²) in [7, 11) is 3.41. The van der Waals surface area contributed by atoms with E-state index in [1.165, 1.54) is 0 Å². The van der Waals surface area contributed by atoms with Crippen molar-refractivity contribution in [3.63, 3.8) is 0 Å². The zero-order chi connectivity index (χ0) is 14.7. The number of carbonyl (C=O) groups excluding carboxylic acids is 1. The van der Waals surface area contributed by atoms with Gasteiger partial charge in [0.25, 0.3) is 0 Å². The lowest BCUT2D eigenvalue weighted by atomic mass is 10.1. The highest BCUT2D eigenvalue weighted by Crippen LogP contribution is 2.34. The molecule has 0 saturated heterocycles. The zero-order valence-corrected chi connectivity index (χ0v) is 12.2. The Kier molecular flexibility index (Phi) is 4.49. The molecule has 1 saturated carbocycles. The van der Waals surface area contributed by atoms with Crippen LogP contribution in [0.1, 0.15) is 31.4 Å². The number of benzene rings is 1. The number of anilines is 1. The van der Waals surface area contributed by atoms with Gasteiger partial charge in [-0.2, -0.15) is 0 Å². The fourth-order valence-corrected chi connectivity index (χ4v) is 2.26. The molecule has 0 aliphatic heterocycles. The number of aliphatic hydroxyl groups is 1. The molecule has 0 unspecified atom stereocenters. The fourth-order valence-electron chi connectivity index (χ4n) is 2.26. The van der Waals surface area contributed by atoms with Crippen LogP contribution < -0.4 is 15.0 Å². The van der Waals surface area contributed by atoms with Crippen LogP contribution in [-0.2, 0) is 4.79 Å². The molecule has 0 aromatic heterocycles. The summed E-state index contributed by atoms with van der Waals surface area (Å²) in [5.74, 6) is 0.640. The number of rotatable bonds is 6. The Labute approximate surface area is 119 Å². The SMILES string of the molecule is COc1cccc(N(C)CC(=O)NC2CC2)c1[C@H](C)O. The van der Waals surface area contributed by atoms with Gasteiger partial charge in [0.2, 0.25) is 5.91 Å². The Bertz CT molecular complexity index is 484. The summed E-state index contributed by atoms with van der Waals surface area (Å²) in [6, 6.07) is 5.91. The van der Waals surface area contributed by atoms with E-state index in [4.69, 9.17) is 4.74 Å². The summed E-state index contributed by atoms with van der Waals surface area (Å²) in [4.78, 5) is 13.7. The second kappa shape index (κ2) is 6.13. The lowest BCUT2D eigenvalue weighted by Crippen LogP contribution is -2.36. The molecule has 1 aliphatic rings. The first-order chi connectivity index (χ1) is 9.52. The number of hydrogen-bond donors (Lipinski definition) is 2. The van der Waals surface area contributed by atoms with E-state index in [1.807, 2.05) is 30.1 Å². The standard InChI is InChI=1S/C15H22N2O3/c1-10(18)15-12(5-4-6-13(15)20-3)17(2)9-14(19)16-11-7-8-11/h4-6,10-11,18H,7-9H2,1-3H3,(H,16,19)/t10-/m0/s1. The topological polar surface area (TPSA) is 61.8 Å². The molecule has 0 spiro atoms. The lowest BCUT2D eigenvalue weighted by Gasteiger charge is -2.24. The van der Waals surface area contributed by atoms with Crippen LogP contribution in [0.25, 0.3) is 0 Å². The van der Waals surface area contributed by atoms with E-state index < -0.39 is 6.10 Å². The van der Waals surface area contributed by atoms with Crippen molar-refractivity contribution in [1.29, 1.82) is 0 Å². The summed E-state index contributed by atoms with van der Waals surface area (Å²) >= 11 is 0. The Balaban J connectivity index is 2.15. The van der Waals surface area contributed by atoms with Gasteiger partial charge in [0, 0.05) is 24.3 Å². The molecule has 1 aliphatic carbocycles. The summed E-state index contributed by atoms with van der Waals surface area (Å²) in [5, 5.41) is 12.9. The van der Waals surface area contributed by atoms with E-state index in [1.54, 1.807) is 14.0 Å². The fraction of sp³-hybridized carbons (Fsp3) is 0.533. The van der Waals surface area contributed by atoms with Gasteiger partial charge in [-0.05, 0) is 31.9 Å². The van der Waals surface area contributed by atoms with Gasteiger partial charge >= 0.3 is 0 Å². The van der Waals surface area contributed by atoms with Gasteiger partial charge in [0.05, 0.1) is 19.8 Å². The predicted molar refractivity (Wildman–Crippen MR) is 78.1 cm³/mol. The Morgan fingerprint density at radius 2 is 2.25 bits per heavy atom. The predicted octanol–water partition coefficient (Wildman–Crippen LogP) is 1.46. The van der Waals surface area contributed by atoms with Crippen LogP contribution in [-0.4, -0.2) is 37.8 Å². The number of ether oxygens (including phenoxy) is 1. The van der Waals surface area contributed by atoms with Crippen molar-refractivity contribution in [3.8, 4) is 5.75 Å². The van der Waals surface area contributed by atoms with Crippen LogP contribution in [0, 0.1) is 0 Å². The number of methoxy groups -OCH3 is 1. The molecule has 1 aromatic rings. The highest BCUT2D eigenvalue weighted by atomic mass is 16.5. The molecule has 2 rings (SSSR count). The molecule has 1 atom stereocenters. The van der Waals surface area contributed by atoms with E-state index in [9.17, 15) is 9.90 Å². The molecule has 5 nitrogen and oxygen atoms in total. The first-order valence-electron chi connectivity index (χ1n) is 6.88. The molecule has 110 valence electrons. The van der Waals surface area contributed by atoms with E-state index in [-0.39, 0.29) is 12.5 Å². The van der Waals surface area contributed by atoms with Crippen LogP contribution >= 0.6 is 0 Å². The average molecular weight is 278 g/mol. The average Bonchev–Trinajstić information content (AvgIpc) is 3.21. The van der Waals surface area contributed by atoms with Crippen LogP contribution in [0.15, 0.2) is 18.2 Å². The lowest BCUT2D eigenvalue weighted by molar-refractivity contribution is -0.119. The summed E-state index contributed by atoms with van der Waals surface area (Å²) < 4.78 is 5.29.